The zero-order chi connectivity index (χ0) is 11.6. The van der Waals surface area contributed by atoms with Gasteiger partial charge in [-0.2, -0.15) is 0 Å². The standard InChI is InChI=1S/C11H14ClNO2P/c1-13-9-5-8-11(13)15-16(12,14)10-6-3-2-4-7-10/h2-4,6-7H,5,8-9H2,1H3/q+1. The second-order valence-electron chi connectivity index (χ2n) is 3.83. The highest BCUT2D eigenvalue weighted by Crippen LogP contribution is 2.51. The topological polar surface area (TPSA) is 29.3 Å². The summed E-state index contributed by atoms with van der Waals surface area (Å²) in [6, 6.07) is 8.91. The zero-order valence-electron chi connectivity index (χ0n) is 9.10. The molecule has 0 aromatic heterocycles. The molecular formula is C11H14ClNO2P+. The Bertz CT molecular complexity index is 458. The van der Waals surface area contributed by atoms with Crippen LogP contribution >= 0.6 is 18.0 Å². The smallest absolute Gasteiger partial charge is 0.370 e. The zero-order valence-corrected chi connectivity index (χ0v) is 10.7. The SMILES string of the molecule is C[N+]1=C(OP(=O)(Cl)c2ccccc2)CCC1. The maximum absolute atomic E-state index is 12.2. The van der Waals surface area contributed by atoms with E-state index in [2.05, 4.69) is 0 Å². The molecule has 0 saturated heterocycles. The Kier molecular flexibility index (Phi) is 3.36. The van der Waals surface area contributed by atoms with Gasteiger partial charge < -0.3 is 4.52 Å². The molecule has 0 saturated carbocycles. The van der Waals surface area contributed by atoms with Crippen LogP contribution in [-0.4, -0.2) is 24.1 Å². The van der Waals surface area contributed by atoms with E-state index in [9.17, 15) is 4.57 Å². The van der Waals surface area contributed by atoms with Crippen molar-refractivity contribution in [1.82, 2.24) is 0 Å². The first kappa shape index (κ1) is 11.7. The Morgan fingerprint density at radius 1 is 1.38 bits per heavy atom. The highest BCUT2D eigenvalue weighted by Gasteiger charge is 2.31. The quantitative estimate of drug-likeness (QED) is 0.603. The van der Waals surface area contributed by atoms with E-state index >= 15 is 0 Å². The van der Waals surface area contributed by atoms with Gasteiger partial charge in [0, 0.05) is 6.42 Å². The lowest BCUT2D eigenvalue weighted by molar-refractivity contribution is -0.495. The largest absolute Gasteiger partial charge is 0.379 e. The second kappa shape index (κ2) is 4.60. The van der Waals surface area contributed by atoms with Gasteiger partial charge in [0.2, 0.25) is 0 Å². The van der Waals surface area contributed by atoms with Crippen molar-refractivity contribution in [1.29, 1.82) is 0 Å². The summed E-state index contributed by atoms with van der Waals surface area (Å²) in [6.07, 6.45) is 1.83. The van der Waals surface area contributed by atoms with Gasteiger partial charge in [-0.25, -0.2) is 4.58 Å². The molecule has 0 N–H and O–H groups in total. The Balaban J connectivity index is 2.21. The molecule has 86 valence electrons. The first-order valence-corrected chi connectivity index (χ1v) is 7.74. The van der Waals surface area contributed by atoms with E-state index in [1.807, 2.05) is 17.7 Å². The summed E-state index contributed by atoms with van der Waals surface area (Å²) in [7, 11) is 1.92. The third-order valence-electron chi connectivity index (χ3n) is 2.60. The van der Waals surface area contributed by atoms with E-state index in [0.717, 1.165) is 25.3 Å². The minimum absolute atomic E-state index is 0.546. The summed E-state index contributed by atoms with van der Waals surface area (Å²) in [5.74, 6) is 0.724. The molecule has 0 radical (unpaired) electrons. The molecule has 0 spiro atoms. The molecule has 0 fully saturated rings. The van der Waals surface area contributed by atoms with Crippen LogP contribution in [0.25, 0.3) is 0 Å². The minimum Gasteiger partial charge on any atom is -0.379 e. The van der Waals surface area contributed by atoms with Gasteiger partial charge in [0.15, 0.2) is 0 Å². The van der Waals surface area contributed by atoms with Crippen molar-refractivity contribution >= 4 is 29.2 Å². The fourth-order valence-electron chi connectivity index (χ4n) is 1.69. The van der Waals surface area contributed by atoms with Crippen molar-refractivity contribution in [2.45, 2.75) is 12.8 Å². The van der Waals surface area contributed by atoms with Gasteiger partial charge in [-0.15, -0.1) is 0 Å². The van der Waals surface area contributed by atoms with Gasteiger partial charge in [0.25, 0.3) is 0 Å². The van der Waals surface area contributed by atoms with Crippen molar-refractivity contribution in [3.8, 4) is 0 Å². The molecular weight excluding hydrogens is 245 g/mol. The van der Waals surface area contributed by atoms with Crippen LogP contribution in [0.1, 0.15) is 12.8 Å². The highest BCUT2D eigenvalue weighted by molar-refractivity contribution is 7.91. The fraction of sp³-hybridized carbons (Fsp3) is 0.364. The molecule has 1 unspecified atom stereocenters. The van der Waals surface area contributed by atoms with Crippen LogP contribution in [0.3, 0.4) is 0 Å². The maximum Gasteiger partial charge on any atom is 0.370 e. The molecule has 0 aliphatic carbocycles. The molecule has 1 atom stereocenters. The average molecular weight is 259 g/mol. The summed E-state index contributed by atoms with van der Waals surface area (Å²) in [4.78, 5) is 0. The van der Waals surface area contributed by atoms with Crippen molar-refractivity contribution in [3.63, 3.8) is 0 Å². The second-order valence-corrected chi connectivity index (χ2v) is 6.82. The Morgan fingerprint density at radius 3 is 2.62 bits per heavy atom. The van der Waals surface area contributed by atoms with Crippen LogP contribution in [0.5, 0.6) is 0 Å². The Hall–Kier alpha value is -0.790. The van der Waals surface area contributed by atoms with E-state index in [4.69, 9.17) is 15.8 Å². The van der Waals surface area contributed by atoms with Crippen LogP contribution in [0.15, 0.2) is 30.3 Å². The first-order valence-electron chi connectivity index (χ1n) is 5.21. The first-order chi connectivity index (χ1) is 7.59. The lowest BCUT2D eigenvalue weighted by atomic mass is 10.4. The van der Waals surface area contributed by atoms with E-state index in [1.54, 1.807) is 24.3 Å². The predicted molar refractivity (Wildman–Crippen MR) is 65.9 cm³/mol. The van der Waals surface area contributed by atoms with Gasteiger partial charge in [-0.3, -0.25) is 4.57 Å². The molecule has 2 rings (SSSR count). The molecule has 1 aromatic carbocycles. The van der Waals surface area contributed by atoms with E-state index in [-0.39, 0.29) is 0 Å². The third-order valence-corrected chi connectivity index (χ3v) is 4.75. The van der Waals surface area contributed by atoms with Crippen LogP contribution in [-0.2, 0) is 9.09 Å². The molecule has 0 bridgehead atoms. The number of hydrogen-bond donors (Lipinski definition) is 0. The lowest BCUT2D eigenvalue weighted by Crippen LogP contribution is -2.14. The van der Waals surface area contributed by atoms with E-state index in [1.165, 1.54) is 0 Å². The Labute approximate surface area is 99.9 Å². The van der Waals surface area contributed by atoms with Gasteiger partial charge in [0.05, 0.1) is 11.7 Å². The van der Waals surface area contributed by atoms with E-state index in [0.29, 0.717) is 5.30 Å². The maximum atomic E-state index is 12.2. The van der Waals surface area contributed by atoms with Gasteiger partial charge >= 0.3 is 12.6 Å². The fourth-order valence-corrected chi connectivity index (χ4v) is 3.41. The average Bonchev–Trinajstić information content (AvgIpc) is 2.65. The van der Waals surface area contributed by atoms with Crippen LogP contribution in [0.4, 0.5) is 0 Å². The van der Waals surface area contributed by atoms with Crippen molar-refractivity contribution in [3.05, 3.63) is 30.3 Å². The lowest BCUT2D eigenvalue weighted by Gasteiger charge is -2.10. The monoisotopic (exact) mass is 258 g/mol. The molecule has 16 heavy (non-hydrogen) atoms. The van der Waals surface area contributed by atoms with Crippen molar-refractivity contribution in [2.75, 3.05) is 13.6 Å². The molecule has 1 heterocycles. The van der Waals surface area contributed by atoms with Gasteiger partial charge in [-0.05, 0) is 23.4 Å². The minimum atomic E-state index is -3.24. The number of benzene rings is 1. The molecule has 1 aliphatic heterocycles. The van der Waals surface area contributed by atoms with Gasteiger partial charge in [-0.1, -0.05) is 18.2 Å². The predicted octanol–water partition coefficient (Wildman–Crippen LogP) is 2.60. The van der Waals surface area contributed by atoms with Crippen molar-refractivity contribution < 1.29 is 13.7 Å². The normalized spacial score (nSPS) is 19.6. The summed E-state index contributed by atoms with van der Waals surface area (Å²) < 4.78 is 19.6. The highest BCUT2D eigenvalue weighted by atomic mass is 35.7. The molecule has 1 aliphatic rings. The summed E-state index contributed by atoms with van der Waals surface area (Å²) >= 11 is 5.99. The molecule has 3 nitrogen and oxygen atoms in total. The van der Waals surface area contributed by atoms with Crippen LogP contribution in [0.2, 0.25) is 0 Å². The van der Waals surface area contributed by atoms with Crippen LogP contribution in [0, 0.1) is 0 Å². The third kappa shape index (κ3) is 2.47. The van der Waals surface area contributed by atoms with E-state index < -0.39 is 6.72 Å². The summed E-state index contributed by atoms with van der Waals surface area (Å²) in [5, 5.41) is 0.546. The number of hydrogen-bond acceptors (Lipinski definition) is 2. The summed E-state index contributed by atoms with van der Waals surface area (Å²) in [5.41, 5.74) is 0. The molecule has 1 aromatic rings. The number of halogens is 1. The number of nitrogens with zero attached hydrogens (tertiary/aromatic N) is 1. The Morgan fingerprint density at radius 2 is 2.06 bits per heavy atom. The van der Waals surface area contributed by atoms with Crippen LogP contribution < -0.4 is 5.30 Å². The molecule has 0 amide bonds. The van der Waals surface area contributed by atoms with Crippen molar-refractivity contribution in [2.24, 2.45) is 0 Å². The summed E-state index contributed by atoms with van der Waals surface area (Å²) in [6.45, 7) is -2.31. The number of rotatable bonds is 2. The molecule has 5 heteroatoms. The van der Waals surface area contributed by atoms with Gasteiger partial charge in [0.1, 0.15) is 13.6 Å².